The Balaban J connectivity index is 1.86. The van der Waals surface area contributed by atoms with E-state index in [2.05, 4.69) is 21.2 Å². The Kier molecular flexibility index (Phi) is 6.16. The summed E-state index contributed by atoms with van der Waals surface area (Å²) < 4.78 is 14.0. The maximum Gasteiger partial charge on any atom is 0.269 e. The summed E-state index contributed by atoms with van der Waals surface area (Å²) in [7, 11) is 0. The zero-order valence-electron chi connectivity index (χ0n) is 14.6. The maximum absolute atomic E-state index is 13.1. The number of hydrogen-bond donors (Lipinski definition) is 1. The summed E-state index contributed by atoms with van der Waals surface area (Å²) in [5, 5.41) is 14.2. The van der Waals surface area contributed by atoms with E-state index in [1.165, 1.54) is 36.4 Å². The summed E-state index contributed by atoms with van der Waals surface area (Å²) in [6.07, 6.45) is 0.111. The van der Waals surface area contributed by atoms with Crippen molar-refractivity contribution in [2.45, 2.75) is 12.5 Å². The Morgan fingerprint density at radius 3 is 2.18 bits per heavy atom. The summed E-state index contributed by atoms with van der Waals surface area (Å²) in [5.74, 6) is -0.565. The van der Waals surface area contributed by atoms with Crippen LogP contribution >= 0.6 is 15.9 Å². The molecule has 0 radical (unpaired) electrons. The van der Waals surface area contributed by atoms with E-state index in [0.717, 1.165) is 15.7 Å². The summed E-state index contributed by atoms with van der Waals surface area (Å²) in [6, 6.07) is 18.5. The molecular formula is C21H16BrFN2O3. The lowest BCUT2D eigenvalue weighted by molar-refractivity contribution is -0.384. The summed E-state index contributed by atoms with van der Waals surface area (Å²) in [5.41, 5.74) is 1.93. The minimum Gasteiger partial charge on any atom is -0.378 e. The molecule has 0 aliphatic carbocycles. The molecule has 1 atom stereocenters. The number of Topliss-reactive ketones (excluding diaryl/α,β-unsaturated/α-hetero) is 1. The molecule has 5 nitrogen and oxygen atoms in total. The molecule has 1 N–H and O–H groups in total. The lowest BCUT2D eigenvalue weighted by atomic mass is 9.97. The van der Waals surface area contributed by atoms with Gasteiger partial charge in [-0.25, -0.2) is 4.39 Å². The Labute approximate surface area is 169 Å². The Bertz CT molecular complexity index is 974. The van der Waals surface area contributed by atoms with Crippen LogP contribution in [-0.2, 0) is 0 Å². The van der Waals surface area contributed by atoms with Crippen LogP contribution in [0, 0.1) is 15.9 Å². The van der Waals surface area contributed by atoms with Crippen LogP contribution in [0.1, 0.15) is 28.4 Å². The third kappa shape index (κ3) is 5.01. The molecule has 0 aliphatic heterocycles. The number of nitro groups is 1. The first-order valence-electron chi connectivity index (χ1n) is 8.47. The van der Waals surface area contributed by atoms with E-state index in [1.54, 1.807) is 12.1 Å². The first-order chi connectivity index (χ1) is 13.4. The second-order valence-electron chi connectivity index (χ2n) is 6.19. The van der Waals surface area contributed by atoms with E-state index >= 15 is 0 Å². The van der Waals surface area contributed by atoms with E-state index < -0.39 is 16.8 Å². The molecule has 0 amide bonds. The molecule has 1 unspecified atom stereocenters. The third-order valence-corrected chi connectivity index (χ3v) is 4.78. The molecule has 3 aromatic rings. The van der Waals surface area contributed by atoms with Crippen molar-refractivity contribution in [2.24, 2.45) is 0 Å². The van der Waals surface area contributed by atoms with Gasteiger partial charge in [0.25, 0.3) is 5.69 Å². The minimum atomic E-state index is -0.468. The Hall–Kier alpha value is -3.06. The van der Waals surface area contributed by atoms with Crippen molar-refractivity contribution in [3.8, 4) is 0 Å². The minimum absolute atomic E-state index is 0.0176. The highest BCUT2D eigenvalue weighted by Gasteiger charge is 2.18. The first kappa shape index (κ1) is 19.7. The number of nitro benzene ring substituents is 1. The van der Waals surface area contributed by atoms with E-state index in [9.17, 15) is 19.3 Å². The van der Waals surface area contributed by atoms with E-state index in [0.29, 0.717) is 5.56 Å². The van der Waals surface area contributed by atoms with Crippen LogP contribution in [0.4, 0.5) is 15.8 Å². The number of nitrogens with one attached hydrogen (secondary N) is 1. The second-order valence-corrected chi connectivity index (χ2v) is 7.10. The van der Waals surface area contributed by atoms with Crippen LogP contribution in [-0.4, -0.2) is 10.7 Å². The lowest BCUT2D eigenvalue weighted by Crippen LogP contribution is -2.16. The van der Waals surface area contributed by atoms with Crippen molar-refractivity contribution in [3.63, 3.8) is 0 Å². The van der Waals surface area contributed by atoms with Gasteiger partial charge in [-0.15, -0.1) is 0 Å². The Morgan fingerprint density at radius 1 is 1.00 bits per heavy atom. The topological polar surface area (TPSA) is 72.2 Å². The number of ketones is 1. The number of carbonyl (C=O) groups is 1. The van der Waals surface area contributed by atoms with Gasteiger partial charge in [0.1, 0.15) is 5.82 Å². The van der Waals surface area contributed by atoms with Gasteiger partial charge in [-0.2, -0.15) is 0 Å². The van der Waals surface area contributed by atoms with Crippen molar-refractivity contribution in [1.29, 1.82) is 0 Å². The van der Waals surface area contributed by atoms with Gasteiger partial charge in [0, 0.05) is 34.3 Å². The number of halogens is 2. The van der Waals surface area contributed by atoms with Gasteiger partial charge < -0.3 is 5.32 Å². The fraction of sp³-hybridized carbons (Fsp3) is 0.0952. The van der Waals surface area contributed by atoms with Crippen molar-refractivity contribution < 1.29 is 14.1 Å². The van der Waals surface area contributed by atoms with Gasteiger partial charge in [-0.1, -0.05) is 28.1 Å². The molecule has 0 heterocycles. The van der Waals surface area contributed by atoms with Crippen LogP contribution in [0.25, 0.3) is 0 Å². The van der Waals surface area contributed by atoms with Crippen molar-refractivity contribution >= 4 is 33.1 Å². The molecule has 0 aliphatic rings. The molecule has 0 aromatic heterocycles. The largest absolute Gasteiger partial charge is 0.378 e. The molecule has 0 bridgehead atoms. The summed E-state index contributed by atoms with van der Waals surface area (Å²) in [4.78, 5) is 23.1. The normalized spacial score (nSPS) is 11.6. The number of anilines is 1. The van der Waals surface area contributed by atoms with Crippen LogP contribution in [0.15, 0.2) is 77.3 Å². The van der Waals surface area contributed by atoms with Gasteiger partial charge in [0.15, 0.2) is 5.78 Å². The molecule has 28 heavy (non-hydrogen) atoms. The molecule has 0 spiro atoms. The second kappa shape index (κ2) is 8.75. The summed E-state index contributed by atoms with van der Waals surface area (Å²) >= 11 is 3.38. The first-order valence-corrected chi connectivity index (χ1v) is 9.27. The quantitative estimate of drug-likeness (QED) is 0.280. The predicted molar refractivity (Wildman–Crippen MR) is 109 cm³/mol. The molecule has 0 saturated heterocycles. The van der Waals surface area contributed by atoms with E-state index in [4.69, 9.17) is 0 Å². The number of carbonyl (C=O) groups excluding carboxylic acids is 1. The number of non-ortho nitro benzene ring substituents is 1. The SMILES string of the molecule is O=C(CC(Nc1ccc(Br)cc1)c1ccc([N+](=O)[O-])cc1)c1ccc(F)cc1. The van der Waals surface area contributed by atoms with Gasteiger partial charge in [0.2, 0.25) is 0 Å². The van der Waals surface area contributed by atoms with Crippen LogP contribution < -0.4 is 5.32 Å². The average molecular weight is 443 g/mol. The number of benzene rings is 3. The zero-order chi connectivity index (χ0) is 20.1. The van der Waals surface area contributed by atoms with E-state index in [-0.39, 0.29) is 17.9 Å². The molecule has 3 aromatic carbocycles. The molecule has 7 heteroatoms. The lowest BCUT2D eigenvalue weighted by Gasteiger charge is -2.20. The fourth-order valence-electron chi connectivity index (χ4n) is 2.77. The van der Waals surface area contributed by atoms with Gasteiger partial charge >= 0.3 is 0 Å². The van der Waals surface area contributed by atoms with E-state index in [1.807, 2.05) is 24.3 Å². The maximum atomic E-state index is 13.1. The molecule has 3 rings (SSSR count). The van der Waals surface area contributed by atoms with Crippen molar-refractivity contribution in [3.05, 3.63) is 104 Å². The van der Waals surface area contributed by atoms with Gasteiger partial charge in [0.05, 0.1) is 11.0 Å². The van der Waals surface area contributed by atoms with Crippen LogP contribution in [0.2, 0.25) is 0 Å². The fourth-order valence-corrected chi connectivity index (χ4v) is 3.03. The van der Waals surface area contributed by atoms with Gasteiger partial charge in [-0.3, -0.25) is 14.9 Å². The number of nitrogens with zero attached hydrogens (tertiary/aromatic N) is 1. The van der Waals surface area contributed by atoms with Crippen LogP contribution in [0.3, 0.4) is 0 Å². The average Bonchev–Trinajstić information content (AvgIpc) is 2.69. The summed E-state index contributed by atoms with van der Waals surface area (Å²) in [6.45, 7) is 0. The molecular weight excluding hydrogens is 427 g/mol. The molecule has 142 valence electrons. The highest BCUT2D eigenvalue weighted by atomic mass is 79.9. The van der Waals surface area contributed by atoms with Crippen molar-refractivity contribution in [2.75, 3.05) is 5.32 Å². The monoisotopic (exact) mass is 442 g/mol. The highest BCUT2D eigenvalue weighted by Crippen LogP contribution is 2.27. The third-order valence-electron chi connectivity index (χ3n) is 4.25. The zero-order valence-corrected chi connectivity index (χ0v) is 16.2. The van der Waals surface area contributed by atoms with Crippen molar-refractivity contribution in [1.82, 2.24) is 0 Å². The number of rotatable bonds is 7. The number of hydrogen-bond acceptors (Lipinski definition) is 4. The van der Waals surface area contributed by atoms with Crippen LogP contribution in [0.5, 0.6) is 0 Å². The van der Waals surface area contributed by atoms with Gasteiger partial charge in [-0.05, 0) is 54.1 Å². The molecule has 0 saturated carbocycles. The Morgan fingerprint density at radius 2 is 1.61 bits per heavy atom. The predicted octanol–water partition coefficient (Wildman–Crippen LogP) is 5.92. The smallest absolute Gasteiger partial charge is 0.269 e. The molecule has 0 fully saturated rings. The highest BCUT2D eigenvalue weighted by molar-refractivity contribution is 9.10. The standard InChI is InChI=1S/C21H16BrFN2O3/c22-16-5-9-18(10-6-16)24-20(14-3-11-19(12-4-14)25(27)28)13-21(26)15-1-7-17(23)8-2-15/h1-12,20,24H,13H2.